The van der Waals surface area contributed by atoms with Crippen LogP contribution in [0.4, 0.5) is 11.4 Å². The highest BCUT2D eigenvalue weighted by atomic mass is 16.5. The van der Waals surface area contributed by atoms with Crippen molar-refractivity contribution in [1.82, 2.24) is 4.98 Å². The van der Waals surface area contributed by atoms with Crippen molar-refractivity contribution >= 4 is 17.3 Å². The largest absolute Gasteiger partial charge is 0.396 e. The molecule has 1 aromatic heterocycles. The van der Waals surface area contributed by atoms with Crippen LogP contribution in [0.5, 0.6) is 0 Å². The summed E-state index contributed by atoms with van der Waals surface area (Å²) in [5.41, 5.74) is 6.75. The predicted octanol–water partition coefficient (Wildman–Crippen LogP) is 0.639. The van der Waals surface area contributed by atoms with Crippen LogP contribution < -0.4 is 11.1 Å². The van der Waals surface area contributed by atoms with Crippen molar-refractivity contribution in [3.63, 3.8) is 0 Å². The number of carbonyl (C=O) groups excluding carboxylic acids is 1. The van der Waals surface area contributed by atoms with Crippen molar-refractivity contribution in [3.8, 4) is 0 Å². The summed E-state index contributed by atoms with van der Waals surface area (Å²) in [6.45, 7) is 1.15. The van der Waals surface area contributed by atoms with Crippen molar-refractivity contribution in [2.75, 3.05) is 24.3 Å². The van der Waals surface area contributed by atoms with Gasteiger partial charge >= 0.3 is 0 Å². The molecule has 0 saturated carbocycles. The summed E-state index contributed by atoms with van der Waals surface area (Å²) in [5.74, 6) is -0.0945. The Labute approximate surface area is 87.6 Å². The molecule has 3 N–H and O–H groups in total. The van der Waals surface area contributed by atoms with Crippen LogP contribution in [0, 0.1) is 5.92 Å². The lowest BCUT2D eigenvalue weighted by atomic mass is 10.1. The number of nitrogen functional groups attached to an aromatic ring is 1. The van der Waals surface area contributed by atoms with Gasteiger partial charge in [-0.1, -0.05) is 0 Å². The second-order valence-electron chi connectivity index (χ2n) is 3.51. The van der Waals surface area contributed by atoms with Crippen molar-refractivity contribution < 1.29 is 9.53 Å². The van der Waals surface area contributed by atoms with E-state index in [9.17, 15) is 4.79 Å². The molecule has 0 spiro atoms. The van der Waals surface area contributed by atoms with E-state index in [0.717, 1.165) is 6.42 Å². The quantitative estimate of drug-likeness (QED) is 0.746. The second-order valence-corrected chi connectivity index (χ2v) is 3.51. The minimum absolute atomic E-state index is 0.0367. The summed E-state index contributed by atoms with van der Waals surface area (Å²) in [4.78, 5) is 15.5. The van der Waals surface area contributed by atoms with Gasteiger partial charge in [-0.2, -0.15) is 0 Å². The maximum Gasteiger partial charge on any atom is 0.229 e. The Hall–Kier alpha value is -1.62. The van der Waals surface area contributed by atoms with Gasteiger partial charge in [0, 0.05) is 12.8 Å². The minimum atomic E-state index is -0.0578. The number of ether oxygens (including phenoxy) is 1. The van der Waals surface area contributed by atoms with Crippen molar-refractivity contribution in [2.24, 2.45) is 5.92 Å². The molecule has 5 nitrogen and oxygen atoms in total. The smallest absolute Gasteiger partial charge is 0.229 e. The number of amides is 1. The van der Waals surface area contributed by atoms with Crippen LogP contribution in [0.25, 0.3) is 0 Å². The SMILES string of the molecule is Nc1cnccc1NC(=O)C1CCOC1. The number of rotatable bonds is 2. The maximum atomic E-state index is 11.7. The Kier molecular flexibility index (Phi) is 2.82. The zero-order chi connectivity index (χ0) is 10.7. The Morgan fingerprint density at radius 2 is 2.53 bits per heavy atom. The highest BCUT2D eigenvalue weighted by molar-refractivity contribution is 5.95. The topological polar surface area (TPSA) is 77.2 Å². The van der Waals surface area contributed by atoms with Gasteiger partial charge in [0.1, 0.15) is 0 Å². The molecule has 5 heteroatoms. The van der Waals surface area contributed by atoms with E-state index >= 15 is 0 Å². The molecule has 1 aliphatic rings. The van der Waals surface area contributed by atoms with E-state index in [-0.39, 0.29) is 11.8 Å². The number of aromatic nitrogens is 1. The number of carbonyl (C=O) groups is 1. The molecule has 1 atom stereocenters. The molecule has 1 saturated heterocycles. The van der Waals surface area contributed by atoms with Gasteiger partial charge in [-0.25, -0.2) is 0 Å². The fourth-order valence-electron chi connectivity index (χ4n) is 1.50. The van der Waals surface area contributed by atoms with Crippen LogP contribution >= 0.6 is 0 Å². The molecule has 1 unspecified atom stereocenters. The third-order valence-corrected chi connectivity index (χ3v) is 2.41. The number of pyridine rings is 1. The van der Waals surface area contributed by atoms with Crippen LogP contribution in [-0.2, 0) is 9.53 Å². The first-order chi connectivity index (χ1) is 7.27. The lowest BCUT2D eigenvalue weighted by molar-refractivity contribution is -0.119. The Morgan fingerprint density at radius 3 is 3.20 bits per heavy atom. The highest BCUT2D eigenvalue weighted by Gasteiger charge is 2.23. The molecule has 1 aliphatic heterocycles. The van der Waals surface area contributed by atoms with E-state index in [1.165, 1.54) is 6.20 Å². The number of hydrogen-bond acceptors (Lipinski definition) is 4. The van der Waals surface area contributed by atoms with Gasteiger partial charge in [-0.05, 0) is 12.5 Å². The van der Waals surface area contributed by atoms with Crippen LogP contribution in [0.2, 0.25) is 0 Å². The van der Waals surface area contributed by atoms with E-state index < -0.39 is 0 Å². The summed E-state index contributed by atoms with van der Waals surface area (Å²) in [6.07, 6.45) is 3.88. The molecule has 0 bridgehead atoms. The summed E-state index contributed by atoms with van der Waals surface area (Å²) in [5, 5.41) is 2.77. The molecular formula is C10H13N3O2. The number of hydrogen-bond donors (Lipinski definition) is 2. The van der Waals surface area contributed by atoms with E-state index in [2.05, 4.69) is 10.3 Å². The molecule has 1 aromatic rings. The average Bonchev–Trinajstić information content (AvgIpc) is 2.74. The number of nitrogens with zero attached hydrogens (tertiary/aromatic N) is 1. The molecule has 0 aliphatic carbocycles. The van der Waals surface area contributed by atoms with Gasteiger partial charge in [0.2, 0.25) is 5.91 Å². The average molecular weight is 207 g/mol. The summed E-state index contributed by atoms with van der Waals surface area (Å²) < 4.78 is 5.14. The lowest BCUT2D eigenvalue weighted by Gasteiger charge is -2.10. The van der Waals surface area contributed by atoms with Gasteiger partial charge in [0.05, 0.1) is 30.1 Å². The lowest BCUT2D eigenvalue weighted by Crippen LogP contribution is -2.23. The van der Waals surface area contributed by atoms with E-state index in [1.807, 2.05) is 0 Å². The molecule has 0 radical (unpaired) electrons. The van der Waals surface area contributed by atoms with E-state index in [0.29, 0.717) is 24.6 Å². The van der Waals surface area contributed by atoms with Crippen LogP contribution in [0.15, 0.2) is 18.5 Å². The van der Waals surface area contributed by atoms with Gasteiger partial charge < -0.3 is 15.8 Å². The summed E-state index contributed by atoms with van der Waals surface area (Å²) in [7, 11) is 0. The Balaban J connectivity index is 2.02. The van der Waals surface area contributed by atoms with E-state index in [1.54, 1.807) is 12.3 Å². The first-order valence-electron chi connectivity index (χ1n) is 4.85. The minimum Gasteiger partial charge on any atom is -0.396 e. The van der Waals surface area contributed by atoms with Crippen molar-refractivity contribution in [3.05, 3.63) is 18.5 Å². The Morgan fingerprint density at radius 1 is 1.67 bits per heavy atom. The number of nitrogens with one attached hydrogen (secondary N) is 1. The monoisotopic (exact) mass is 207 g/mol. The van der Waals surface area contributed by atoms with Gasteiger partial charge in [0.15, 0.2) is 0 Å². The molecule has 1 fully saturated rings. The van der Waals surface area contributed by atoms with Crippen molar-refractivity contribution in [2.45, 2.75) is 6.42 Å². The predicted molar refractivity (Wildman–Crippen MR) is 56.2 cm³/mol. The summed E-state index contributed by atoms with van der Waals surface area (Å²) in [6, 6.07) is 1.68. The second kappa shape index (κ2) is 4.27. The molecule has 2 rings (SSSR count). The first kappa shape index (κ1) is 9.92. The molecule has 0 aromatic carbocycles. The van der Waals surface area contributed by atoms with Gasteiger partial charge in [-0.15, -0.1) is 0 Å². The Bertz CT molecular complexity index is 361. The standard InChI is InChI=1S/C10H13N3O2/c11-8-5-12-3-1-9(8)13-10(14)7-2-4-15-6-7/h1,3,5,7H,2,4,6,11H2,(H,12,13,14). The fourth-order valence-corrected chi connectivity index (χ4v) is 1.50. The molecule has 2 heterocycles. The first-order valence-corrected chi connectivity index (χ1v) is 4.85. The summed E-state index contributed by atoms with van der Waals surface area (Å²) >= 11 is 0. The normalized spacial score (nSPS) is 20.1. The van der Waals surface area contributed by atoms with Crippen molar-refractivity contribution in [1.29, 1.82) is 0 Å². The van der Waals surface area contributed by atoms with Gasteiger partial charge in [-0.3, -0.25) is 9.78 Å². The highest BCUT2D eigenvalue weighted by Crippen LogP contribution is 2.19. The zero-order valence-corrected chi connectivity index (χ0v) is 8.27. The zero-order valence-electron chi connectivity index (χ0n) is 8.27. The third kappa shape index (κ3) is 2.24. The fraction of sp³-hybridized carbons (Fsp3) is 0.400. The number of anilines is 2. The van der Waals surface area contributed by atoms with E-state index in [4.69, 9.17) is 10.5 Å². The van der Waals surface area contributed by atoms with Crippen LogP contribution in [-0.4, -0.2) is 24.1 Å². The van der Waals surface area contributed by atoms with Crippen LogP contribution in [0.3, 0.4) is 0 Å². The molecular weight excluding hydrogens is 194 g/mol. The molecule has 1 amide bonds. The molecule has 15 heavy (non-hydrogen) atoms. The van der Waals surface area contributed by atoms with Gasteiger partial charge in [0.25, 0.3) is 0 Å². The third-order valence-electron chi connectivity index (χ3n) is 2.41. The maximum absolute atomic E-state index is 11.7. The number of nitrogens with two attached hydrogens (primary N) is 1. The van der Waals surface area contributed by atoms with Crippen LogP contribution in [0.1, 0.15) is 6.42 Å². The molecule has 80 valence electrons.